The van der Waals surface area contributed by atoms with Gasteiger partial charge < -0.3 is 13.9 Å². The highest BCUT2D eigenvalue weighted by Crippen LogP contribution is 2.34. The van der Waals surface area contributed by atoms with Gasteiger partial charge in [-0.2, -0.15) is 0 Å². The first-order chi connectivity index (χ1) is 9.31. The molecule has 0 aliphatic heterocycles. The van der Waals surface area contributed by atoms with Crippen LogP contribution in [-0.2, 0) is 0 Å². The van der Waals surface area contributed by atoms with E-state index in [9.17, 15) is 0 Å². The van der Waals surface area contributed by atoms with Crippen molar-refractivity contribution in [2.75, 3.05) is 14.2 Å². The highest BCUT2D eigenvalue weighted by molar-refractivity contribution is 5.87. The molecule has 0 atom stereocenters. The van der Waals surface area contributed by atoms with Crippen LogP contribution in [0.1, 0.15) is 0 Å². The van der Waals surface area contributed by atoms with Gasteiger partial charge in [-0.05, 0) is 24.3 Å². The molecule has 0 fully saturated rings. The van der Waals surface area contributed by atoms with Crippen molar-refractivity contribution < 1.29 is 13.9 Å². The maximum Gasteiger partial charge on any atom is 0.176 e. The number of benzene rings is 2. The van der Waals surface area contributed by atoms with Gasteiger partial charge in [-0.1, -0.05) is 24.3 Å². The standard InChI is InChI=1S/C16H14O3/c1-17-13-7-3-5-11(9-13)15-10-12-6-4-8-14(18-2)16(12)19-15/h3-10H,1-2H3. The maximum atomic E-state index is 5.90. The summed E-state index contributed by atoms with van der Waals surface area (Å²) in [6.07, 6.45) is 0. The quantitative estimate of drug-likeness (QED) is 0.704. The summed E-state index contributed by atoms with van der Waals surface area (Å²) < 4.78 is 16.4. The summed E-state index contributed by atoms with van der Waals surface area (Å²) in [7, 11) is 3.29. The van der Waals surface area contributed by atoms with Crippen molar-refractivity contribution in [3.05, 3.63) is 48.5 Å². The largest absolute Gasteiger partial charge is 0.497 e. The van der Waals surface area contributed by atoms with Crippen LogP contribution in [0.2, 0.25) is 0 Å². The van der Waals surface area contributed by atoms with Crippen molar-refractivity contribution >= 4 is 11.0 Å². The van der Waals surface area contributed by atoms with E-state index < -0.39 is 0 Å². The summed E-state index contributed by atoms with van der Waals surface area (Å²) >= 11 is 0. The van der Waals surface area contributed by atoms with Gasteiger partial charge in [0.1, 0.15) is 11.5 Å². The maximum absolute atomic E-state index is 5.90. The van der Waals surface area contributed by atoms with Crippen LogP contribution < -0.4 is 9.47 Å². The molecule has 1 heterocycles. The third-order valence-corrected chi connectivity index (χ3v) is 3.08. The molecule has 3 nitrogen and oxygen atoms in total. The summed E-state index contributed by atoms with van der Waals surface area (Å²) in [6.45, 7) is 0. The molecule has 96 valence electrons. The molecule has 0 amide bonds. The van der Waals surface area contributed by atoms with E-state index in [2.05, 4.69) is 0 Å². The van der Waals surface area contributed by atoms with Crippen LogP contribution in [-0.4, -0.2) is 14.2 Å². The molecule has 1 aromatic heterocycles. The fourth-order valence-electron chi connectivity index (χ4n) is 2.12. The number of para-hydroxylation sites is 1. The van der Waals surface area contributed by atoms with Crippen LogP contribution in [0.3, 0.4) is 0 Å². The van der Waals surface area contributed by atoms with E-state index in [0.717, 1.165) is 33.8 Å². The van der Waals surface area contributed by atoms with Crippen molar-refractivity contribution in [1.82, 2.24) is 0 Å². The van der Waals surface area contributed by atoms with E-state index in [1.54, 1.807) is 14.2 Å². The Morgan fingerprint density at radius 3 is 2.53 bits per heavy atom. The molecule has 0 aliphatic rings. The van der Waals surface area contributed by atoms with E-state index in [-0.39, 0.29) is 0 Å². The average molecular weight is 254 g/mol. The van der Waals surface area contributed by atoms with Gasteiger partial charge in [0.15, 0.2) is 11.3 Å². The molecular formula is C16H14O3. The Morgan fingerprint density at radius 1 is 0.895 bits per heavy atom. The first-order valence-electron chi connectivity index (χ1n) is 6.03. The third-order valence-electron chi connectivity index (χ3n) is 3.08. The number of furan rings is 1. The lowest BCUT2D eigenvalue weighted by molar-refractivity contribution is 0.410. The number of methoxy groups -OCH3 is 2. The van der Waals surface area contributed by atoms with Crippen LogP contribution in [0.15, 0.2) is 52.9 Å². The van der Waals surface area contributed by atoms with Crippen LogP contribution in [0.5, 0.6) is 11.5 Å². The van der Waals surface area contributed by atoms with Gasteiger partial charge >= 0.3 is 0 Å². The zero-order chi connectivity index (χ0) is 13.2. The SMILES string of the molecule is COc1cccc(-c2cc3cccc(OC)c3o2)c1. The van der Waals surface area contributed by atoms with Crippen LogP contribution in [0, 0.1) is 0 Å². The zero-order valence-electron chi connectivity index (χ0n) is 10.8. The Morgan fingerprint density at radius 2 is 1.74 bits per heavy atom. The number of hydrogen-bond donors (Lipinski definition) is 0. The first-order valence-corrected chi connectivity index (χ1v) is 6.03. The molecule has 0 radical (unpaired) electrons. The molecule has 0 aliphatic carbocycles. The number of hydrogen-bond acceptors (Lipinski definition) is 3. The minimum Gasteiger partial charge on any atom is -0.497 e. The molecule has 0 bridgehead atoms. The number of rotatable bonds is 3. The van der Waals surface area contributed by atoms with Gasteiger partial charge in [-0.25, -0.2) is 0 Å². The summed E-state index contributed by atoms with van der Waals surface area (Å²) in [5.41, 5.74) is 1.75. The molecule has 3 heteroatoms. The second-order valence-electron chi connectivity index (χ2n) is 4.22. The highest BCUT2D eigenvalue weighted by atomic mass is 16.5. The molecule has 2 aromatic carbocycles. The van der Waals surface area contributed by atoms with Crippen molar-refractivity contribution in [1.29, 1.82) is 0 Å². The van der Waals surface area contributed by atoms with E-state index in [0.29, 0.717) is 0 Å². The predicted molar refractivity (Wildman–Crippen MR) is 74.8 cm³/mol. The second-order valence-corrected chi connectivity index (χ2v) is 4.22. The average Bonchev–Trinajstić information content (AvgIpc) is 2.91. The fraction of sp³-hybridized carbons (Fsp3) is 0.125. The van der Waals surface area contributed by atoms with Gasteiger partial charge in [-0.15, -0.1) is 0 Å². The first kappa shape index (κ1) is 11.7. The minimum absolute atomic E-state index is 0.742. The molecule has 3 aromatic rings. The van der Waals surface area contributed by atoms with Crippen molar-refractivity contribution in [3.8, 4) is 22.8 Å². The molecule has 0 unspecified atom stereocenters. The lowest BCUT2D eigenvalue weighted by atomic mass is 10.1. The van der Waals surface area contributed by atoms with Crippen molar-refractivity contribution in [2.45, 2.75) is 0 Å². The summed E-state index contributed by atoms with van der Waals surface area (Å²) in [4.78, 5) is 0. The smallest absolute Gasteiger partial charge is 0.176 e. The lowest BCUT2D eigenvalue weighted by Gasteiger charge is -2.01. The fourth-order valence-corrected chi connectivity index (χ4v) is 2.12. The van der Waals surface area contributed by atoms with E-state index >= 15 is 0 Å². The molecular weight excluding hydrogens is 240 g/mol. The van der Waals surface area contributed by atoms with Crippen molar-refractivity contribution in [2.24, 2.45) is 0 Å². The van der Waals surface area contributed by atoms with Gasteiger partial charge in [0.05, 0.1) is 14.2 Å². The monoisotopic (exact) mass is 254 g/mol. The Kier molecular flexibility index (Phi) is 2.88. The van der Waals surface area contributed by atoms with Gasteiger partial charge in [0.25, 0.3) is 0 Å². The summed E-state index contributed by atoms with van der Waals surface area (Å²) in [6, 6.07) is 15.6. The van der Waals surface area contributed by atoms with Crippen LogP contribution in [0.4, 0.5) is 0 Å². The van der Waals surface area contributed by atoms with E-state index in [1.165, 1.54) is 0 Å². The van der Waals surface area contributed by atoms with E-state index in [4.69, 9.17) is 13.9 Å². The third kappa shape index (κ3) is 2.03. The lowest BCUT2D eigenvalue weighted by Crippen LogP contribution is -1.82. The summed E-state index contributed by atoms with van der Waals surface area (Å²) in [5, 5.41) is 1.03. The Balaban J connectivity index is 2.15. The predicted octanol–water partition coefficient (Wildman–Crippen LogP) is 4.12. The number of ether oxygens (including phenoxy) is 2. The van der Waals surface area contributed by atoms with Crippen molar-refractivity contribution in [3.63, 3.8) is 0 Å². The second kappa shape index (κ2) is 4.69. The van der Waals surface area contributed by atoms with Crippen LogP contribution in [0.25, 0.3) is 22.3 Å². The molecule has 0 spiro atoms. The minimum atomic E-state index is 0.742. The van der Waals surface area contributed by atoms with Crippen LogP contribution >= 0.6 is 0 Å². The topological polar surface area (TPSA) is 31.6 Å². The number of fused-ring (bicyclic) bond motifs is 1. The van der Waals surface area contributed by atoms with Gasteiger partial charge in [0, 0.05) is 10.9 Å². The Labute approximate surface area is 111 Å². The van der Waals surface area contributed by atoms with Gasteiger partial charge in [-0.3, -0.25) is 0 Å². The molecule has 0 N–H and O–H groups in total. The van der Waals surface area contributed by atoms with E-state index in [1.807, 2.05) is 48.5 Å². The molecule has 19 heavy (non-hydrogen) atoms. The normalized spacial score (nSPS) is 10.6. The molecule has 0 saturated carbocycles. The summed E-state index contributed by atoms with van der Waals surface area (Å²) in [5.74, 6) is 2.36. The molecule has 3 rings (SSSR count). The Hall–Kier alpha value is -2.42. The highest BCUT2D eigenvalue weighted by Gasteiger charge is 2.10. The Bertz CT molecular complexity index is 713. The van der Waals surface area contributed by atoms with Gasteiger partial charge in [0.2, 0.25) is 0 Å². The zero-order valence-corrected chi connectivity index (χ0v) is 10.8. The molecule has 0 saturated heterocycles.